The standard InChI is InChI=1S/C16H21N5O2S/c1-24(2)10-13-9-14(18-7-8-22)21-15(19-13)11-3-5-12(6-4-11)20-16(17)23/h3-6,9,22H,1,7-8,10H2,2H3,(H3,17,20,23)(H,18,19,21). The quantitative estimate of drug-likeness (QED) is 0.571. The first kappa shape index (κ1) is 17.9. The van der Waals surface area contributed by atoms with E-state index >= 15 is 0 Å². The Morgan fingerprint density at radius 1 is 1.33 bits per heavy atom. The Kier molecular flexibility index (Phi) is 6.28. The summed E-state index contributed by atoms with van der Waals surface area (Å²) in [7, 11) is -0.0344. The number of nitrogens with two attached hydrogens (primary N) is 1. The van der Waals surface area contributed by atoms with Crippen molar-refractivity contribution in [1.29, 1.82) is 0 Å². The van der Waals surface area contributed by atoms with Gasteiger partial charge < -0.3 is 21.5 Å². The van der Waals surface area contributed by atoms with Crippen molar-refractivity contribution in [1.82, 2.24) is 9.97 Å². The molecule has 0 fully saturated rings. The maximum Gasteiger partial charge on any atom is 0.316 e. The predicted octanol–water partition coefficient (Wildman–Crippen LogP) is 1.87. The van der Waals surface area contributed by atoms with Crippen LogP contribution in [0.5, 0.6) is 0 Å². The molecule has 1 unspecified atom stereocenters. The van der Waals surface area contributed by atoms with Crippen LogP contribution in [-0.2, 0) is 5.75 Å². The Morgan fingerprint density at radius 2 is 2.04 bits per heavy atom. The summed E-state index contributed by atoms with van der Waals surface area (Å²) < 4.78 is 0. The fourth-order valence-electron chi connectivity index (χ4n) is 2.07. The van der Waals surface area contributed by atoms with Crippen molar-refractivity contribution >= 4 is 33.9 Å². The van der Waals surface area contributed by atoms with Crippen LogP contribution in [-0.4, -0.2) is 46.4 Å². The number of carbonyl (C=O) groups excluding carboxylic acids is 1. The monoisotopic (exact) mass is 347 g/mol. The molecule has 5 N–H and O–H groups in total. The summed E-state index contributed by atoms with van der Waals surface area (Å²) in [6.07, 6.45) is 2.05. The van der Waals surface area contributed by atoms with E-state index in [1.54, 1.807) is 12.1 Å². The van der Waals surface area contributed by atoms with Crippen LogP contribution in [0, 0.1) is 0 Å². The molecular weight excluding hydrogens is 326 g/mol. The molecule has 1 aromatic heterocycles. The van der Waals surface area contributed by atoms with Crippen molar-refractivity contribution in [2.45, 2.75) is 5.75 Å². The lowest BCUT2D eigenvalue weighted by atomic mass is 10.2. The van der Waals surface area contributed by atoms with Gasteiger partial charge in [-0.2, -0.15) is 10.5 Å². The van der Waals surface area contributed by atoms with Crippen LogP contribution in [0.3, 0.4) is 0 Å². The number of anilines is 2. The Morgan fingerprint density at radius 3 is 2.62 bits per heavy atom. The van der Waals surface area contributed by atoms with E-state index in [2.05, 4.69) is 26.5 Å². The van der Waals surface area contributed by atoms with Gasteiger partial charge in [0.15, 0.2) is 5.82 Å². The number of benzene rings is 1. The molecule has 0 radical (unpaired) electrons. The third kappa shape index (κ3) is 5.32. The van der Waals surface area contributed by atoms with E-state index in [-0.39, 0.29) is 17.1 Å². The van der Waals surface area contributed by atoms with Crippen molar-refractivity contribution in [2.24, 2.45) is 5.73 Å². The van der Waals surface area contributed by atoms with Crippen molar-refractivity contribution in [2.75, 3.05) is 30.0 Å². The van der Waals surface area contributed by atoms with Crippen LogP contribution in [0.1, 0.15) is 5.69 Å². The second-order valence-electron chi connectivity index (χ2n) is 5.21. The predicted molar refractivity (Wildman–Crippen MR) is 101 cm³/mol. The Balaban J connectivity index is 2.32. The number of primary amides is 1. The van der Waals surface area contributed by atoms with Gasteiger partial charge in [0.1, 0.15) is 5.82 Å². The molecule has 24 heavy (non-hydrogen) atoms. The van der Waals surface area contributed by atoms with Gasteiger partial charge in [-0.25, -0.2) is 14.8 Å². The van der Waals surface area contributed by atoms with Crippen LogP contribution in [0.15, 0.2) is 30.3 Å². The highest BCUT2D eigenvalue weighted by atomic mass is 32.2. The van der Waals surface area contributed by atoms with E-state index in [0.717, 1.165) is 17.0 Å². The van der Waals surface area contributed by atoms with E-state index in [9.17, 15) is 4.79 Å². The Bertz CT molecular complexity index is 734. The molecule has 0 aliphatic heterocycles. The van der Waals surface area contributed by atoms with E-state index in [4.69, 9.17) is 10.8 Å². The smallest absolute Gasteiger partial charge is 0.316 e. The zero-order valence-corrected chi connectivity index (χ0v) is 14.3. The Labute approximate surface area is 143 Å². The van der Waals surface area contributed by atoms with Crippen molar-refractivity contribution < 1.29 is 9.90 Å². The summed E-state index contributed by atoms with van der Waals surface area (Å²) in [5.41, 5.74) is 7.41. The van der Waals surface area contributed by atoms with E-state index in [1.807, 2.05) is 24.5 Å². The van der Waals surface area contributed by atoms with E-state index in [1.165, 1.54) is 0 Å². The number of nitrogens with zero attached hydrogens (tertiary/aromatic N) is 2. The SMILES string of the molecule is C=S(C)Cc1cc(NCCO)nc(-c2ccc(NC(N)=O)cc2)n1. The first-order valence-electron chi connectivity index (χ1n) is 7.29. The van der Waals surface area contributed by atoms with Gasteiger partial charge in [-0.05, 0) is 30.5 Å². The molecule has 0 aliphatic carbocycles. The molecule has 0 saturated heterocycles. The molecule has 1 aromatic carbocycles. The summed E-state index contributed by atoms with van der Waals surface area (Å²) in [5.74, 6) is 6.01. The largest absolute Gasteiger partial charge is 0.395 e. The van der Waals surface area contributed by atoms with Gasteiger partial charge >= 0.3 is 6.03 Å². The van der Waals surface area contributed by atoms with Crippen LogP contribution in [0.25, 0.3) is 11.4 Å². The second-order valence-corrected chi connectivity index (χ2v) is 7.06. The number of nitrogens with one attached hydrogen (secondary N) is 2. The van der Waals surface area contributed by atoms with E-state index < -0.39 is 6.03 Å². The number of hydrogen-bond acceptors (Lipinski definition) is 5. The number of aromatic nitrogens is 2. The molecule has 128 valence electrons. The van der Waals surface area contributed by atoms with Crippen molar-refractivity contribution in [3.8, 4) is 11.4 Å². The zero-order chi connectivity index (χ0) is 17.5. The molecule has 2 aromatic rings. The summed E-state index contributed by atoms with van der Waals surface area (Å²) in [6, 6.07) is 8.37. The third-order valence-corrected chi connectivity index (χ3v) is 3.79. The molecule has 1 heterocycles. The lowest BCUT2D eigenvalue weighted by molar-refractivity contribution is 0.259. The number of aliphatic hydroxyl groups excluding tert-OH is 1. The first-order chi connectivity index (χ1) is 11.5. The minimum Gasteiger partial charge on any atom is -0.395 e. The Hall–Kier alpha value is -2.45. The lowest BCUT2D eigenvalue weighted by Crippen LogP contribution is -2.19. The van der Waals surface area contributed by atoms with E-state index in [0.29, 0.717) is 23.9 Å². The molecule has 8 heteroatoms. The van der Waals surface area contributed by atoms with Crippen LogP contribution < -0.4 is 16.4 Å². The average Bonchev–Trinajstić information content (AvgIpc) is 2.52. The van der Waals surface area contributed by atoms with Crippen LogP contribution in [0.4, 0.5) is 16.3 Å². The first-order valence-corrected chi connectivity index (χ1v) is 9.27. The maximum atomic E-state index is 10.9. The number of hydrogen-bond donors (Lipinski definition) is 4. The maximum absolute atomic E-state index is 10.9. The number of aliphatic hydroxyl groups is 1. The second kappa shape index (κ2) is 8.42. The molecule has 7 nitrogen and oxygen atoms in total. The molecule has 2 amide bonds. The minimum atomic E-state index is -0.609. The molecule has 0 saturated carbocycles. The van der Waals surface area contributed by atoms with Crippen molar-refractivity contribution in [3.63, 3.8) is 0 Å². The molecule has 0 bridgehead atoms. The number of rotatable bonds is 7. The van der Waals surface area contributed by atoms with Gasteiger partial charge in [0.2, 0.25) is 0 Å². The highest BCUT2D eigenvalue weighted by Crippen LogP contribution is 2.22. The van der Waals surface area contributed by atoms with Gasteiger partial charge in [-0.3, -0.25) is 0 Å². The summed E-state index contributed by atoms with van der Waals surface area (Å²) in [4.78, 5) is 19.9. The third-order valence-electron chi connectivity index (χ3n) is 3.00. The van der Waals surface area contributed by atoms with Gasteiger partial charge in [0.25, 0.3) is 0 Å². The number of amides is 2. The molecule has 0 spiro atoms. The summed E-state index contributed by atoms with van der Waals surface area (Å²) in [6.45, 7) is 0.440. The highest BCUT2D eigenvalue weighted by Gasteiger charge is 2.08. The zero-order valence-electron chi connectivity index (χ0n) is 13.5. The number of urea groups is 1. The number of carbonyl (C=O) groups is 1. The van der Waals surface area contributed by atoms with Crippen LogP contribution in [0.2, 0.25) is 0 Å². The fraction of sp³-hybridized carbons (Fsp3) is 0.250. The highest BCUT2D eigenvalue weighted by molar-refractivity contribution is 8.12. The average molecular weight is 347 g/mol. The van der Waals surface area contributed by atoms with Gasteiger partial charge in [-0.15, -0.1) is 0 Å². The summed E-state index contributed by atoms with van der Waals surface area (Å²) >= 11 is 0. The van der Waals surface area contributed by atoms with Gasteiger partial charge in [0, 0.05) is 29.6 Å². The normalized spacial score (nSPS) is 11.8. The van der Waals surface area contributed by atoms with Crippen LogP contribution >= 0.6 is 10.5 Å². The summed E-state index contributed by atoms with van der Waals surface area (Å²) in [5, 5.41) is 14.5. The van der Waals surface area contributed by atoms with Crippen molar-refractivity contribution in [3.05, 3.63) is 36.0 Å². The topological polar surface area (TPSA) is 113 Å². The minimum absolute atomic E-state index is 0.0235. The lowest BCUT2D eigenvalue weighted by Gasteiger charge is -2.10. The molecular formula is C16H21N5O2S. The van der Waals surface area contributed by atoms with Gasteiger partial charge in [-0.1, -0.05) is 5.87 Å². The molecule has 0 aliphatic rings. The van der Waals surface area contributed by atoms with Gasteiger partial charge in [0.05, 0.1) is 12.3 Å². The molecule has 2 rings (SSSR count). The fourth-order valence-corrected chi connectivity index (χ4v) is 2.73. The molecule has 1 atom stereocenters.